The van der Waals surface area contributed by atoms with Gasteiger partial charge in [-0.05, 0) is 123 Å². The molecule has 0 spiro atoms. The molecule has 0 aliphatic carbocycles. The summed E-state index contributed by atoms with van der Waals surface area (Å²) in [5.74, 6) is 0.105. The maximum Gasteiger partial charge on any atom is 0.275 e. The second kappa shape index (κ2) is 20.1. The lowest BCUT2D eigenvalue weighted by molar-refractivity contribution is -0.385. The molecular formula is C49H51F2N9O3. The van der Waals surface area contributed by atoms with Crippen molar-refractivity contribution in [1.82, 2.24) is 34.8 Å². The van der Waals surface area contributed by atoms with Crippen molar-refractivity contribution in [3.63, 3.8) is 0 Å². The standard InChI is InChI=1S/C24H26FN5.C16H14N4O3.C9H11F/c1-15-12-19(9-10-27-15)24-21-13-18(22(26)14-23(21)30(3)29-24)8-11-28-16(2)17-4-6-20(25)7-5-17;1-10-7-12(3-5-17-10)16-13-8-11(4-6-21)14(20(22)23)9-15(13)19(2)18-16;1-7(2)8-3-5-9(10)6-4-8/h4-7,9-10,12-14,16,28H,8,11,26H2,1-3H3;3,5-9H,4H2,1-2H3;3-7H,1-2H3/t16-;;/m1../s1. The average molecular weight is 852 g/mol. The van der Waals surface area contributed by atoms with Gasteiger partial charge in [-0.25, -0.2) is 8.78 Å². The summed E-state index contributed by atoms with van der Waals surface area (Å²) in [5, 5.41) is 25.8. The molecule has 4 heterocycles. The molecule has 1 atom stereocenters. The van der Waals surface area contributed by atoms with E-state index in [4.69, 9.17) is 10.8 Å². The highest BCUT2D eigenvalue weighted by molar-refractivity contribution is 5.96. The van der Waals surface area contributed by atoms with Crippen LogP contribution in [-0.2, 0) is 31.7 Å². The van der Waals surface area contributed by atoms with Gasteiger partial charge in [0.05, 0.1) is 16.0 Å². The number of aryl methyl sites for hydroxylation is 4. The first kappa shape index (κ1) is 45.3. The van der Waals surface area contributed by atoms with Crippen LogP contribution in [0.5, 0.6) is 0 Å². The lowest BCUT2D eigenvalue weighted by atomic mass is 10.0. The lowest BCUT2D eigenvalue weighted by Crippen LogP contribution is -2.21. The van der Waals surface area contributed by atoms with Crippen LogP contribution >= 0.6 is 0 Å². The number of halogens is 2. The summed E-state index contributed by atoms with van der Waals surface area (Å²) in [4.78, 5) is 30.0. The van der Waals surface area contributed by atoms with Crippen LogP contribution in [0.15, 0.2) is 109 Å². The predicted octanol–water partition coefficient (Wildman–Crippen LogP) is 10.1. The van der Waals surface area contributed by atoms with Crippen molar-refractivity contribution in [1.29, 1.82) is 0 Å². The highest BCUT2D eigenvalue weighted by Gasteiger charge is 2.20. The zero-order chi connectivity index (χ0) is 45.4. The number of nitrogens with two attached hydrogens (primary N) is 1. The first-order valence-electron chi connectivity index (χ1n) is 20.6. The number of anilines is 1. The molecule has 0 saturated carbocycles. The highest BCUT2D eigenvalue weighted by Crippen LogP contribution is 2.34. The van der Waals surface area contributed by atoms with Crippen molar-refractivity contribution < 1.29 is 18.5 Å². The van der Waals surface area contributed by atoms with Gasteiger partial charge >= 0.3 is 0 Å². The van der Waals surface area contributed by atoms with Gasteiger partial charge in [-0.1, -0.05) is 38.1 Å². The number of benzene rings is 4. The number of aromatic nitrogens is 6. The largest absolute Gasteiger partial charge is 0.398 e. The van der Waals surface area contributed by atoms with Gasteiger partial charge in [-0.3, -0.25) is 29.4 Å². The summed E-state index contributed by atoms with van der Waals surface area (Å²) in [6.07, 6.45) is 4.96. The molecule has 0 bridgehead atoms. The summed E-state index contributed by atoms with van der Waals surface area (Å²) in [6, 6.07) is 28.4. The quantitative estimate of drug-likeness (QED) is 0.0559. The van der Waals surface area contributed by atoms with Crippen molar-refractivity contribution in [2.24, 2.45) is 14.1 Å². The molecule has 14 heteroatoms. The maximum atomic E-state index is 13.1. The number of nitrogens with zero attached hydrogens (tertiary/aromatic N) is 7. The van der Waals surface area contributed by atoms with Crippen LogP contribution in [0.4, 0.5) is 20.2 Å². The molecule has 63 heavy (non-hydrogen) atoms. The predicted molar refractivity (Wildman–Crippen MR) is 245 cm³/mol. The molecule has 4 aromatic carbocycles. The van der Waals surface area contributed by atoms with E-state index in [0.29, 0.717) is 23.3 Å². The monoisotopic (exact) mass is 851 g/mol. The SMILES string of the molecule is CC(C)c1ccc(F)cc1.Cc1cc(-c2nn(C)c3cc(N)c(CCN[C@H](C)c4ccc(F)cc4)cc23)ccn1.Cc1cc(-c2nn(C)c3cc([N+](=O)[O-])c(CC=O)cc23)ccn1. The van der Waals surface area contributed by atoms with Crippen LogP contribution in [0, 0.1) is 35.6 Å². The molecule has 8 aromatic rings. The van der Waals surface area contributed by atoms with Crippen molar-refractivity contribution in [3.05, 3.63) is 165 Å². The third-order valence-electron chi connectivity index (χ3n) is 10.8. The Hall–Kier alpha value is -7.19. The summed E-state index contributed by atoms with van der Waals surface area (Å²) in [5.41, 5.74) is 17.8. The normalized spacial score (nSPS) is 11.5. The fourth-order valence-electron chi connectivity index (χ4n) is 7.29. The minimum absolute atomic E-state index is 0.00401. The van der Waals surface area contributed by atoms with Gasteiger partial charge in [0.25, 0.3) is 5.69 Å². The molecule has 4 aromatic heterocycles. The van der Waals surface area contributed by atoms with Gasteiger partial charge in [0.15, 0.2) is 0 Å². The first-order chi connectivity index (χ1) is 30.1. The Bertz CT molecular complexity index is 2870. The number of fused-ring (bicyclic) bond motifs is 2. The number of pyridine rings is 2. The Morgan fingerprint density at radius 2 is 1.22 bits per heavy atom. The number of nitrogen functional groups attached to an aromatic ring is 1. The maximum absolute atomic E-state index is 13.1. The van der Waals surface area contributed by atoms with E-state index in [1.54, 1.807) is 24.0 Å². The van der Waals surface area contributed by atoms with Gasteiger partial charge in [0.1, 0.15) is 29.3 Å². The van der Waals surface area contributed by atoms with Crippen LogP contribution in [0.2, 0.25) is 0 Å². The van der Waals surface area contributed by atoms with Gasteiger partial charge < -0.3 is 15.8 Å². The second-order valence-electron chi connectivity index (χ2n) is 15.7. The van der Waals surface area contributed by atoms with Crippen molar-refractivity contribution in [3.8, 4) is 22.5 Å². The Labute approximate surface area is 365 Å². The van der Waals surface area contributed by atoms with E-state index in [-0.39, 0.29) is 29.8 Å². The Morgan fingerprint density at radius 3 is 1.70 bits per heavy atom. The van der Waals surface area contributed by atoms with E-state index in [1.165, 1.54) is 35.9 Å². The number of rotatable bonds is 11. The first-order valence-corrected chi connectivity index (χ1v) is 20.6. The zero-order valence-corrected chi connectivity index (χ0v) is 36.4. The lowest BCUT2D eigenvalue weighted by Gasteiger charge is -2.15. The van der Waals surface area contributed by atoms with Crippen molar-refractivity contribution >= 4 is 39.5 Å². The average Bonchev–Trinajstić information content (AvgIpc) is 3.75. The van der Waals surface area contributed by atoms with Crippen molar-refractivity contribution in [2.45, 2.75) is 59.4 Å². The summed E-state index contributed by atoms with van der Waals surface area (Å²) < 4.78 is 29.0. The minimum Gasteiger partial charge on any atom is -0.398 e. The molecule has 3 N–H and O–H groups in total. The molecule has 0 aliphatic heterocycles. The highest BCUT2D eigenvalue weighted by atomic mass is 19.1. The van der Waals surface area contributed by atoms with Crippen LogP contribution in [0.25, 0.3) is 44.3 Å². The van der Waals surface area contributed by atoms with E-state index >= 15 is 0 Å². The van der Waals surface area contributed by atoms with Gasteiger partial charge in [-0.15, -0.1) is 0 Å². The number of aldehydes is 1. The molecular weight excluding hydrogens is 801 g/mol. The number of carbonyl (C=O) groups is 1. The number of hydrogen-bond donors (Lipinski definition) is 2. The van der Waals surface area contributed by atoms with E-state index in [0.717, 1.165) is 80.0 Å². The third kappa shape index (κ3) is 11.0. The van der Waals surface area contributed by atoms with Gasteiger partial charge in [-0.2, -0.15) is 10.2 Å². The minimum atomic E-state index is -0.471. The number of nitro groups is 1. The van der Waals surface area contributed by atoms with Crippen molar-refractivity contribution in [2.75, 3.05) is 12.3 Å². The van der Waals surface area contributed by atoms with E-state index in [2.05, 4.69) is 47.2 Å². The molecule has 0 fully saturated rings. The molecule has 0 radical (unpaired) electrons. The molecule has 0 amide bonds. The number of carbonyl (C=O) groups excluding carboxylic acids is 1. The number of hydrogen-bond acceptors (Lipinski definition) is 9. The van der Waals surface area contributed by atoms with E-state index in [9.17, 15) is 23.7 Å². The summed E-state index contributed by atoms with van der Waals surface area (Å²) in [6.45, 7) is 10.9. The fraction of sp³-hybridized carbons (Fsp3) is 0.245. The van der Waals surface area contributed by atoms with E-state index < -0.39 is 4.92 Å². The fourth-order valence-corrected chi connectivity index (χ4v) is 7.29. The van der Waals surface area contributed by atoms with Gasteiger partial charge in [0.2, 0.25) is 0 Å². The number of nitrogens with one attached hydrogen (secondary N) is 1. The van der Waals surface area contributed by atoms with Gasteiger partial charge in [0, 0.05) is 89.6 Å². The van der Waals surface area contributed by atoms with E-state index in [1.807, 2.05) is 86.4 Å². The van der Waals surface area contributed by atoms with Crippen LogP contribution < -0.4 is 11.1 Å². The number of nitro benzene ring substituents is 1. The third-order valence-corrected chi connectivity index (χ3v) is 10.8. The molecule has 8 rings (SSSR count). The summed E-state index contributed by atoms with van der Waals surface area (Å²) >= 11 is 0. The smallest absolute Gasteiger partial charge is 0.275 e. The second-order valence-corrected chi connectivity index (χ2v) is 15.7. The van der Waals surface area contributed by atoms with Crippen LogP contribution in [0.3, 0.4) is 0 Å². The molecule has 12 nitrogen and oxygen atoms in total. The molecule has 0 unspecified atom stereocenters. The molecule has 324 valence electrons. The Balaban J connectivity index is 0.000000176. The molecule has 0 saturated heterocycles. The zero-order valence-electron chi connectivity index (χ0n) is 36.4. The Kier molecular flexibility index (Phi) is 14.5. The Morgan fingerprint density at radius 1 is 0.730 bits per heavy atom. The topological polar surface area (TPSA) is 160 Å². The van der Waals surface area contributed by atoms with Crippen LogP contribution in [0.1, 0.15) is 66.4 Å². The summed E-state index contributed by atoms with van der Waals surface area (Å²) in [7, 11) is 3.67. The van der Waals surface area contributed by atoms with Crippen LogP contribution in [-0.4, -0.2) is 47.3 Å². The molecule has 0 aliphatic rings.